The van der Waals surface area contributed by atoms with Crippen LogP contribution in [0.5, 0.6) is 5.75 Å². The highest BCUT2D eigenvalue weighted by molar-refractivity contribution is 7.98. The minimum absolute atomic E-state index is 0.0576. The van der Waals surface area contributed by atoms with Crippen LogP contribution in [0, 0.1) is 13.8 Å². The first-order valence-electron chi connectivity index (χ1n) is 8.83. The molecule has 2 rings (SSSR count). The lowest BCUT2D eigenvalue weighted by Crippen LogP contribution is -2.39. The Morgan fingerprint density at radius 3 is 2.54 bits per heavy atom. The summed E-state index contributed by atoms with van der Waals surface area (Å²) in [4.78, 5) is 12.3. The third kappa shape index (κ3) is 6.58. The number of thioether (sulfide) groups is 1. The van der Waals surface area contributed by atoms with Crippen molar-refractivity contribution in [2.24, 2.45) is 0 Å². The smallest absolute Gasteiger partial charge is 0.261 e. The Labute approximate surface area is 165 Å². The van der Waals surface area contributed by atoms with Crippen LogP contribution in [-0.2, 0) is 10.5 Å². The Balaban J connectivity index is 1.72. The van der Waals surface area contributed by atoms with Crippen LogP contribution in [0.15, 0.2) is 42.5 Å². The average Bonchev–Trinajstić information content (AvgIpc) is 2.63. The molecule has 1 atom stereocenters. The molecule has 0 fully saturated rings. The summed E-state index contributed by atoms with van der Waals surface area (Å²) in [7, 11) is 0. The van der Waals surface area contributed by atoms with Crippen LogP contribution < -0.4 is 10.1 Å². The summed E-state index contributed by atoms with van der Waals surface area (Å²) >= 11 is 7.66. The van der Waals surface area contributed by atoms with Crippen LogP contribution in [0.3, 0.4) is 0 Å². The number of ether oxygens (including phenoxy) is 1. The molecule has 3 nitrogen and oxygen atoms in total. The molecule has 5 heteroatoms. The van der Waals surface area contributed by atoms with E-state index in [2.05, 4.69) is 12.2 Å². The van der Waals surface area contributed by atoms with Gasteiger partial charge < -0.3 is 10.1 Å². The van der Waals surface area contributed by atoms with Gasteiger partial charge in [0, 0.05) is 23.1 Å². The van der Waals surface area contributed by atoms with Crippen molar-refractivity contribution in [1.29, 1.82) is 0 Å². The largest absolute Gasteiger partial charge is 0.481 e. The molecule has 0 bridgehead atoms. The van der Waals surface area contributed by atoms with Crippen molar-refractivity contribution in [3.8, 4) is 5.75 Å². The first-order valence-corrected chi connectivity index (χ1v) is 10.4. The lowest BCUT2D eigenvalue weighted by Gasteiger charge is -2.18. The van der Waals surface area contributed by atoms with Crippen molar-refractivity contribution in [3.63, 3.8) is 0 Å². The number of amides is 1. The third-order valence-electron chi connectivity index (χ3n) is 4.15. The Kier molecular flexibility index (Phi) is 8.33. The molecule has 140 valence electrons. The molecule has 0 spiro atoms. The second-order valence-corrected chi connectivity index (χ2v) is 7.77. The van der Waals surface area contributed by atoms with Gasteiger partial charge in [-0.25, -0.2) is 0 Å². The van der Waals surface area contributed by atoms with E-state index < -0.39 is 6.10 Å². The minimum Gasteiger partial charge on any atom is -0.481 e. The van der Waals surface area contributed by atoms with E-state index in [1.54, 1.807) is 11.8 Å². The van der Waals surface area contributed by atoms with Gasteiger partial charge in [0.25, 0.3) is 5.91 Å². The summed E-state index contributed by atoms with van der Waals surface area (Å²) in [6.45, 7) is 6.69. The zero-order valence-corrected chi connectivity index (χ0v) is 17.1. The lowest BCUT2D eigenvalue weighted by atomic mass is 10.1. The standard InChI is InChI=1S/C21H26ClNO2S/c1-4-20(25-19-10-5-15(2)16(3)13-19)21(24)23-11-12-26-14-17-6-8-18(22)9-7-17/h5-10,13,20H,4,11-12,14H2,1-3H3,(H,23,24)/t20-/m1/s1. The number of rotatable bonds is 9. The molecule has 0 aromatic heterocycles. The van der Waals surface area contributed by atoms with E-state index in [4.69, 9.17) is 16.3 Å². The zero-order chi connectivity index (χ0) is 18.9. The van der Waals surface area contributed by atoms with Gasteiger partial charge in [-0.2, -0.15) is 11.8 Å². The van der Waals surface area contributed by atoms with Crippen LogP contribution in [0.25, 0.3) is 0 Å². The number of aryl methyl sites for hydroxylation is 2. The monoisotopic (exact) mass is 391 g/mol. The molecule has 0 aliphatic rings. The Morgan fingerprint density at radius 2 is 1.88 bits per heavy atom. The van der Waals surface area contributed by atoms with Crippen molar-refractivity contribution in [1.82, 2.24) is 5.32 Å². The van der Waals surface area contributed by atoms with E-state index in [-0.39, 0.29) is 5.91 Å². The molecule has 0 saturated heterocycles. The van der Waals surface area contributed by atoms with Gasteiger partial charge in [-0.05, 0) is 61.2 Å². The fraction of sp³-hybridized carbons (Fsp3) is 0.381. The van der Waals surface area contributed by atoms with Gasteiger partial charge in [-0.15, -0.1) is 0 Å². The van der Waals surface area contributed by atoms with E-state index in [1.807, 2.05) is 56.3 Å². The van der Waals surface area contributed by atoms with Gasteiger partial charge in [-0.1, -0.05) is 36.7 Å². The number of hydrogen-bond acceptors (Lipinski definition) is 3. The summed E-state index contributed by atoms with van der Waals surface area (Å²) in [5.41, 5.74) is 3.61. The molecular weight excluding hydrogens is 366 g/mol. The summed E-state index contributed by atoms with van der Waals surface area (Å²) in [5.74, 6) is 2.45. The molecule has 0 radical (unpaired) electrons. The highest BCUT2D eigenvalue weighted by Gasteiger charge is 2.18. The molecule has 1 N–H and O–H groups in total. The predicted octanol–water partition coefficient (Wildman–Crippen LogP) is 5.16. The number of hydrogen-bond donors (Lipinski definition) is 1. The maximum atomic E-state index is 12.3. The van der Waals surface area contributed by atoms with E-state index in [0.717, 1.165) is 27.8 Å². The number of nitrogens with one attached hydrogen (secondary N) is 1. The maximum absolute atomic E-state index is 12.3. The van der Waals surface area contributed by atoms with E-state index in [9.17, 15) is 4.79 Å². The Bertz CT molecular complexity index is 718. The molecular formula is C21H26ClNO2S. The first kappa shape index (κ1) is 20.7. The van der Waals surface area contributed by atoms with E-state index >= 15 is 0 Å². The molecule has 0 aliphatic heterocycles. The fourth-order valence-electron chi connectivity index (χ4n) is 2.40. The summed E-state index contributed by atoms with van der Waals surface area (Å²) < 4.78 is 5.87. The van der Waals surface area contributed by atoms with Crippen molar-refractivity contribution < 1.29 is 9.53 Å². The zero-order valence-electron chi connectivity index (χ0n) is 15.5. The third-order valence-corrected chi connectivity index (χ3v) is 5.43. The highest BCUT2D eigenvalue weighted by atomic mass is 35.5. The van der Waals surface area contributed by atoms with Gasteiger partial charge in [0.05, 0.1) is 0 Å². The Hall–Kier alpha value is -1.65. The van der Waals surface area contributed by atoms with Crippen molar-refractivity contribution in [2.45, 2.75) is 39.0 Å². The number of benzene rings is 2. The van der Waals surface area contributed by atoms with Crippen LogP contribution in [-0.4, -0.2) is 24.3 Å². The van der Waals surface area contributed by atoms with Gasteiger partial charge in [0.2, 0.25) is 0 Å². The summed E-state index contributed by atoms with van der Waals surface area (Å²) in [6.07, 6.45) is 0.176. The topological polar surface area (TPSA) is 38.3 Å². The van der Waals surface area contributed by atoms with Crippen LogP contribution in [0.1, 0.15) is 30.0 Å². The molecule has 26 heavy (non-hydrogen) atoms. The van der Waals surface area contributed by atoms with Gasteiger partial charge >= 0.3 is 0 Å². The first-order chi connectivity index (χ1) is 12.5. The normalized spacial score (nSPS) is 11.8. The molecule has 0 heterocycles. The van der Waals surface area contributed by atoms with Gasteiger partial charge in [-0.3, -0.25) is 4.79 Å². The van der Waals surface area contributed by atoms with Gasteiger partial charge in [0.1, 0.15) is 5.75 Å². The van der Waals surface area contributed by atoms with Crippen molar-refractivity contribution >= 4 is 29.3 Å². The minimum atomic E-state index is -0.460. The number of halogens is 1. The molecule has 0 aliphatic carbocycles. The molecule has 0 unspecified atom stereocenters. The number of carbonyl (C=O) groups is 1. The lowest BCUT2D eigenvalue weighted by molar-refractivity contribution is -0.127. The Morgan fingerprint density at radius 1 is 1.15 bits per heavy atom. The SMILES string of the molecule is CC[C@@H](Oc1ccc(C)c(C)c1)C(=O)NCCSCc1ccc(Cl)cc1. The van der Waals surface area contributed by atoms with Crippen molar-refractivity contribution in [3.05, 3.63) is 64.2 Å². The summed E-state index contributed by atoms with van der Waals surface area (Å²) in [5, 5.41) is 3.72. The fourth-order valence-corrected chi connectivity index (χ4v) is 3.35. The van der Waals surface area contributed by atoms with Crippen molar-refractivity contribution in [2.75, 3.05) is 12.3 Å². The molecule has 0 saturated carbocycles. The molecule has 2 aromatic carbocycles. The van der Waals surface area contributed by atoms with E-state index in [1.165, 1.54) is 11.1 Å². The quantitative estimate of drug-likeness (QED) is 0.599. The van der Waals surface area contributed by atoms with Crippen LogP contribution in [0.4, 0.5) is 0 Å². The molecule has 1 amide bonds. The van der Waals surface area contributed by atoms with E-state index in [0.29, 0.717) is 13.0 Å². The predicted molar refractivity (Wildman–Crippen MR) is 111 cm³/mol. The average molecular weight is 392 g/mol. The van der Waals surface area contributed by atoms with Gasteiger partial charge in [0.15, 0.2) is 6.10 Å². The second kappa shape index (κ2) is 10.5. The van der Waals surface area contributed by atoms with Crippen LogP contribution >= 0.6 is 23.4 Å². The highest BCUT2D eigenvalue weighted by Crippen LogP contribution is 2.19. The molecule has 2 aromatic rings. The summed E-state index contributed by atoms with van der Waals surface area (Å²) in [6, 6.07) is 13.8. The maximum Gasteiger partial charge on any atom is 0.261 e. The second-order valence-electron chi connectivity index (χ2n) is 6.23. The van der Waals surface area contributed by atoms with Crippen LogP contribution in [0.2, 0.25) is 5.02 Å². The number of carbonyl (C=O) groups excluding carboxylic acids is 1.